The number of guanidine groups is 1. The van der Waals surface area contributed by atoms with Crippen molar-refractivity contribution in [3.8, 4) is 0 Å². The van der Waals surface area contributed by atoms with Crippen LogP contribution in [0.2, 0.25) is 0 Å². The maximum atomic E-state index is 4.95. The summed E-state index contributed by atoms with van der Waals surface area (Å²) in [6.07, 6.45) is 8.15. The molecule has 1 aromatic rings. The Labute approximate surface area is 170 Å². The summed E-state index contributed by atoms with van der Waals surface area (Å²) < 4.78 is 0. The van der Waals surface area contributed by atoms with Gasteiger partial charge in [-0.05, 0) is 57.8 Å². The molecule has 0 bridgehead atoms. The van der Waals surface area contributed by atoms with Crippen molar-refractivity contribution in [2.24, 2.45) is 4.99 Å². The highest BCUT2D eigenvalue weighted by molar-refractivity contribution is 5.80. The van der Waals surface area contributed by atoms with Crippen LogP contribution in [0.25, 0.3) is 0 Å². The van der Waals surface area contributed by atoms with Gasteiger partial charge in [0, 0.05) is 44.5 Å². The largest absolute Gasteiger partial charge is 0.357 e. The number of rotatable bonds is 7. The van der Waals surface area contributed by atoms with Gasteiger partial charge in [0.1, 0.15) is 0 Å². The van der Waals surface area contributed by atoms with Gasteiger partial charge in [0.25, 0.3) is 0 Å². The number of piperidine rings is 2. The quantitative estimate of drug-likeness (QED) is 0.557. The van der Waals surface area contributed by atoms with Crippen LogP contribution < -0.4 is 10.6 Å². The van der Waals surface area contributed by atoms with Gasteiger partial charge in [-0.2, -0.15) is 0 Å². The van der Waals surface area contributed by atoms with Gasteiger partial charge in [-0.3, -0.25) is 19.8 Å². The molecule has 3 heterocycles. The highest BCUT2D eigenvalue weighted by Gasteiger charge is 2.22. The molecule has 156 valence electrons. The average Bonchev–Trinajstić information content (AvgIpc) is 2.74. The molecule has 0 aromatic carbocycles. The van der Waals surface area contributed by atoms with Crippen molar-refractivity contribution in [1.82, 2.24) is 25.4 Å². The number of pyridine rings is 1. The molecule has 2 aliphatic heterocycles. The van der Waals surface area contributed by atoms with Crippen molar-refractivity contribution in [3.63, 3.8) is 0 Å². The first-order chi connectivity index (χ1) is 13.8. The van der Waals surface area contributed by atoms with Crippen LogP contribution in [0.1, 0.15) is 51.6 Å². The lowest BCUT2D eigenvalue weighted by molar-refractivity contribution is 0.161. The highest BCUT2D eigenvalue weighted by atomic mass is 15.2. The molecule has 0 amide bonds. The minimum absolute atomic E-state index is 0.506. The van der Waals surface area contributed by atoms with Crippen LogP contribution in [-0.4, -0.2) is 72.1 Å². The zero-order chi connectivity index (χ0) is 19.6. The van der Waals surface area contributed by atoms with Crippen LogP contribution in [-0.2, 0) is 6.54 Å². The summed E-state index contributed by atoms with van der Waals surface area (Å²) in [5.41, 5.74) is 1.16. The fraction of sp³-hybridized carbons (Fsp3) is 0.727. The SMILES string of the molecule is CCNC(=NCC1CCCCN1CC)NC1CCN(Cc2ccccn2)CC1. The monoisotopic (exact) mass is 386 g/mol. The van der Waals surface area contributed by atoms with E-state index in [0.29, 0.717) is 12.1 Å². The van der Waals surface area contributed by atoms with Crippen LogP contribution in [0.3, 0.4) is 0 Å². The minimum atomic E-state index is 0.506. The van der Waals surface area contributed by atoms with E-state index in [4.69, 9.17) is 4.99 Å². The molecule has 0 saturated carbocycles. The van der Waals surface area contributed by atoms with Gasteiger partial charge in [0.15, 0.2) is 5.96 Å². The van der Waals surface area contributed by atoms with E-state index in [1.165, 1.54) is 25.8 Å². The molecular weight excluding hydrogens is 348 g/mol. The van der Waals surface area contributed by atoms with Gasteiger partial charge in [-0.1, -0.05) is 19.4 Å². The Morgan fingerprint density at radius 1 is 1.14 bits per heavy atom. The zero-order valence-corrected chi connectivity index (χ0v) is 17.7. The second kappa shape index (κ2) is 11.4. The van der Waals surface area contributed by atoms with Crippen molar-refractivity contribution in [2.75, 3.05) is 39.3 Å². The molecule has 2 aliphatic rings. The first kappa shape index (κ1) is 21.1. The number of nitrogens with zero attached hydrogens (tertiary/aromatic N) is 4. The van der Waals surface area contributed by atoms with E-state index in [1.54, 1.807) is 0 Å². The van der Waals surface area contributed by atoms with Crippen molar-refractivity contribution in [3.05, 3.63) is 30.1 Å². The lowest BCUT2D eigenvalue weighted by atomic mass is 10.0. The number of likely N-dealkylation sites (tertiary alicyclic amines) is 2. The summed E-state index contributed by atoms with van der Waals surface area (Å²) in [5.74, 6) is 0.993. The molecule has 0 aliphatic carbocycles. The van der Waals surface area contributed by atoms with Gasteiger partial charge in [0.05, 0.1) is 12.2 Å². The lowest BCUT2D eigenvalue weighted by Gasteiger charge is -2.34. The molecule has 2 N–H and O–H groups in total. The molecule has 1 atom stereocenters. The Balaban J connectivity index is 1.46. The molecule has 1 aromatic heterocycles. The van der Waals surface area contributed by atoms with Gasteiger partial charge in [-0.15, -0.1) is 0 Å². The third-order valence-corrected chi connectivity index (χ3v) is 6.00. The molecule has 2 saturated heterocycles. The van der Waals surface area contributed by atoms with E-state index in [2.05, 4.69) is 51.4 Å². The lowest BCUT2D eigenvalue weighted by Crippen LogP contribution is -2.49. The molecule has 0 spiro atoms. The summed E-state index contributed by atoms with van der Waals surface area (Å²) in [4.78, 5) is 14.5. The zero-order valence-electron chi connectivity index (χ0n) is 17.7. The summed E-state index contributed by atoms with van der Waals surface area (Å²) in [6.45, 7) is 11.8. The summed E-state index contributed by atoms with van der Waals surface area (Å²) in [5, 5.41) is 7.14. The fourth-order valence-corrected chi connectivity index (χ4v) is 4.35. The van der Waals surface area contributed by atoms with Crippen LogP contribution in [0.4, 0.5) is 0 Å². The maximum absolute atomic E-state index is 4.95. The number of aromatic nitrogens is 1. The smallest absolute Gasteiger partial charge is 0.191 e. The normalized spacial score (nSPS) is 22.9. The van der Waals surface area contributed by atoms with Crippen molar-refractivity contribution in [1.29, 1.82) is 0 Å². The Kier molecular flexibility index (Phi) is 8.55. The summed E-state index contributed by atoms with van der Waals surface area (Å²) >= 11 is 0. The van der Waals surface area contributed by atoms with Crippen molar-refractivity contribution < 1.29 is 0 Å². The molecule has 2 fully saturated rings. The van der Waals surface area contributed by atoms with E-state index >= 15 is 0 Å². The predicted octanol–water partition coefficient (Wildman–Crippen LogP) is 2.48. The summed E-state index contributed by atoms with van der Waals surface area (Å²) in [6, 6.07) is 7.28. The van der Waals surface area contributed by atoms with E-state index < -0.39 is 0 Å². The molecule has 6 heteroatoms. The topological polar surface area (TPSA) is 55.8 Å². The van der Waals surface area contributed by atoms with Crippen LogP contribution >= 0.6 is 0 Å². The molecule has 3 rings (SSSR count). The average molecular weight is 387 g/mol. The Morgan fingerprint density at radius 2 is 2.00 bits per heavy atom. The number of hydrogen-bond donors (Lipinski definition) is 2. The van der Waals surface area contributed by atoms with Gasteiger partial charge >= 0.3 is 0 Å². The third-order valence-electron chi connectivity index (χ3n) is 6.00. The Hall–Kier alpha value is -1.66. The fourth-order valence-electron chi connectivity index (χ4n) is 4.35. The third kappa shape index (κ3) is 6.45. The Morgan fingerprint density at radius 3 is 2.71 bits per heavy atom. The maximum Gasteiger partial charge on any atom is 0.191 e. The predicted molar refractivity (Wildman–Crippen MR) is 117 cm³/mol. The molecular formula is C22H38N6. The van der Waals surface area contributed by atoms with Crippen molar-refractivity contribution >= 4 is 5.96 Å². The van der Waals surface area contributed by atoms with Crippen LogP contribution in [0, 0.1) is 0 Å². The molecule has 28 heavy (non-hydrogen) atoms. The number of hydrogen-bond acceptors (Lipinski definition) is 4. The van der Waals surface area contributed by atoms with E-state index in [1.807, 2.05) is 12.3 Å². The summed E-state index contributed by atoms with van der Waals surface area (Å²) in [7, 11) is 0. The van der Waals surface area contributed by atoms with Crippen LogP contribution in [0.15, 0.2) is 29.4 Å². The molecule has 0 radical (unpaired) electrons. The highest BCUT2D eigenvalue weighted by Crippen LogP contribution is 2.17. The van der Waals surface area contributed by atoms with E-state index in [9.17, 15) is 0 Å². The minimum Gasteiger partial charge on any atom is -0.357 e. The number of nitrogens with one attached hydrogen (secondary N) is 2. The van der Waals surface area contributed by atoms with Gasteiger partial charge in [0.2, 0.25) is 0 Å². The standard InChI is InChI=1S/C22H38N6/c1-3-23-22(25-17-21-10-6-8-14-28(21)4-2)26-19-11-15-27(16-12-19)18-20-9-5-7-13-24-20/h5,7,9,13,19,21H,3-4,6,8,10-12,14-18H2,1-2H3,(H2,23,25,26). The van der Waals surface area contributed by atoms with Crippen molar-refractivity contribution in [2.45, 2.75) is 64.6 Å². The Bertz CT molecular complexity index is 582. The van der Waals surface area contributed by atoms with E-state index in [0.717, 1.165) is 63.8 Å². The molecule has 6 nitrogen and oxygen atoms in total. The van der Waals surface area contributed by atoms with Gasteiger partial charge in [-0.25, -0.2) is 0 Å². The van der Waals surface area contributed by atoms with E-state index in [-0.39, 0.29) is 0 Å². The van der Waals surface area contributed by atoms with Crippen LogP contribution in [0.5, 0.6) is 0 Å². The number of aliphatic imine (C=N–C) groups is 1. The first-order valence-corrected chi connectivity index (χ1v) is 11.2. The number of likely N-dealkylation sites (N-methyl/N-ethyl adjacent to an activating group) is 1. The molecule has 1 unspecified atom stereocenters. The van der Waals surface area contributed by atoms with Gasteiger partial charge < -0.3 is 10.6 Å². The second-order valence-corrected chi connectivity index (χ2v) is 8.01. The first-order valence-electron chi connectivity index (χ1n) is 11.2. The second-order valence-electron chi connectivity index (χ2n) is 8.01.